The molecule has 1 fully saturated rings. The summed E-state index contributed by atoms with van der Waals surface area (Å²) in [6, 6.07) is 4.07. The first kappa shape index (κ1) is 17.2. The van der Waals surface area contributed by atoms with Gasteiger partial charge in [-0.15, -0.1) is 0 Å². The summed E-state index contributed by atoms with van der Waals surface area (Å²) in [5.41, 5.74) is -0.158. The Labute approximate surface area is 134 Å². The second kappa shape index (κ2) is 6.93. The number of halogens is 2. The molecule has 1 saturated heterocycles. The van der Waals surface area contributed by atoms with E-state index in [1.165, 1.54) is 27.4 Å². The van der Waals surface area contributed by atoms with E-state index in [1.54, 1.807) is 6.92 Å². The molecule has 0 unspecified atom stereocenters. The van der Waals surface area contributed by atoms with Crippen molar-refractivity contribution in [3.05, 3.63) is 34.6 Å². The van der Waals surface area contributed by atoms with Crippen LogP contribution in [0.4, 0.5) is 4.39 Å². The minimum atomic E-state index is -3.27. The lowest BCUT2D eigenvalue weighted by Gasteiger charge is -2.34. The monoisotopic (exact) mass is 348 g/mol. The highest BCUT2D eigenvalue weighted by Crippen LogP contribution is 2.22. The lowest BCUT2D eigenvalue weighted by Crippen LogP contribution is -2.51. The van der Waals surface area contributed by atoms with Gasteiger partial charge in [-0.1, -0.05) is 24.6 Å². The van der Waals surface area contributed by atoms with Gasteiger partial charge in [0.1, 0.15) is 5.82 Å². The zero-order valence-corrected chi connectivity index (χ0v) is 13.8. The average molecular weight is 349 g/mol. The molecule has 8 heteroatoms. The summed E-state index contributed by atoms with van der Waals surface area (Å²) in [7, 11) is -3.27. The number of piperazine rings is 1. The summed E-state index contributed by atoms with van der Waals surface area (Å²) in [4.78, 5) is 13.8. The van der Waals surface area contributed by atoms with Crippen LogP contribution in [0.15, 0.2) is 18.2 Å². The summed E-state index contributed by atoms with van der Waals surface area (Å²) >= 11 is 5.89. The molecule has 0 spiro atoms. The van der Waals surface area contributed by atoms with Gasteiger partial charge in [-0.2, -0.15) is 4.31 Å². The molecule has 0 aromatic heterocycles. The van der Waals surface area contributed by atoms with Crippen molar-refractivity contribution in [1.82, 2.24) is 9.21 Å². The number of hydrogen-bond donors (Lipinski definition) is 0. The Morgan fingerprint density at radius 1 is 1.27 bits per heavy atom. The summed E-state index contributed by atoms with van der Waals surface area (Å²) in [6.07, 6.45) is 0.548. The minimum absolute atomic E-state index is 0.0611. The lowest BCUT2D eigenvalue weighted by molar-refractivity contribution is 0.0693. The van der Waals surface area contributed by atoms with Gasteiger partial charge in [0.15, 0.2) is 0 Å². The summed E-state index contributed by atoms with van der Waals surface area (Å²) in [5.74, 6) is -1.07. The molecule has 0 bridgehead atoms. The first-order chi connectivity index (χ1) is 10.4. The Bertz CT molecular complexity index is 638. The zero-order chi connectivity index (χ0) is 16.3. The fourth-order valence-electron chi connectivity index (χ4n) is 2.42. The van der Waals surface area contributed by atoms with E-state index in [2.05, 4.69) is 0 Å². The maximum Gasteiger partial charge on any atom is 0.258 e. The molecule has 0 atom stereocenters. The summed E-state index contributed by atoms with van der Waals surface area (Å²) in [6.45, 7) is 2.71. The molecular formula is C14H18ClFN2O3S. The maximum absolute atomic E-state index is 13.8. The maximum atomic E-state index is 13.8. The molecule has 0 aliphatic carbocycles. The van der Waals surface area contributed by atoms with Crippen molar-refractivity contribution in [1.29, 1.82) is 0 Å². The van der Waals surface area contributed by atoms with Crippen molar-refractivity contribution in [2.45, 2.75) is 13.3 Å². The van der Waals surface area contributed by atoms with Crippen molar-refractivity contribution in [3.8, 4) is 0 Å². The fraction of sp³-hybridized carbons (Fsp3) is 0.500. The van der Waals surface area contributed by atoms with Crippen LogP contribution >= 0.6 is 11.6 Å². The van der Waals surface area contributed by atoms with E-state index in [1.807, 2.05) is 0 Å². The second-order valence-corrected chi connectivity index (χ2v) is 7.60. The van der Waals surface area contributed by atoms with Crippen LogP contribution in [0.3, 0.4) is 0 Å². The molecule has 2 rings (SSSR count). The number of hydrogen-bond acceptors (Lipinski definition) is 3. The van der Waals surface area contributed by atoms with Gasteiger partial charge in [-0.25, -0.2) is 12.8 Å². The van der Waals surface area contributed by atoms with Crippen LogP contribution in [0.2, 0.25) is 5.02 Å². The molecule has 22 heavy (non-hydrogen) atoms. The van der Waals surface area contributed by atoms with Crippen LogP contribution in [-0.4, -0.2) is 55.5 Å². The normalized spacial score (nSPS) is 16.8. The van der Waals surface area contributed by atoms with E-state index in [-0.39, 0.29) is 42.5 Å². The van der Waals surface area contributed by atoms with Crippen LogP contribution in [0.25, 0.3) is 0 Å². The van der Waals surface area contributed by atoms with Crippen molar-refractivity contribution < 1.29 is 17.6 Å². The molecule has 0 radical (unpaired) electrons. The van der Waals surface area contributed by atoms with Crippen molar-refractivity contribution in [2.24, 2.45) is 0 Å². The Kier molecular flexibility index (Phi) is 5.41. The van der Waals surface area contributed by atoms with Crippen LogP contribution in [0.1, 0.15) is 23.7 Å². The molecule has 0 saturated carbocycles. The van der Waals surface area contributed by atoms with Crippen molar-refractivity contribution >= 4 is 27.5 Å². The molecular weight excluding hydrogens is 331 g/mol. The van der Waals surface area contributed by atoms with Gasteiger partial charge in [0.2, 0.25) is 10.0 Å². The number of carbonyl (C=O) groups excluding carboxylic acids is 1. The molecule has 122 valence electrons. The number of amides is 1. The van der Waals surface area contributed by atoms with Crippen LogP contribution in [0.5, 0.6) is 0 Å². The Hall–Kier alpha value is -1.18. The third kappa shape index (κ3) is 3.59. The minimum Gasteiger partial charge on any atom is -0.336 e. The predicted molar refractivity (Wildman–Crippen MR) is 83.0 cm³/mol. The molecule has 1 heterocycles. The summed E-state index contributed by atoms with van der Waals surface area (Å²) in [5, 5.41) is 0.0611. The highest BCUT2D eigenvalue weighted by Gasteiger charge is 2.30. The van der Waals surface area contributed by atoms with Gasteiger partial charge >= 0.3 is 0 Å². The molecule has 0 N–H and O–H groups in total. The zero-order valence-electron chi connectivity index (χ0n) is 12.3. The van der Waals surface area contributed by atoms with Crippen LogP contribution < -0.4 is 0 Å². The number of rotatable bonds is 4. The van der Waals surface area contributed by atoms with E-state index in [0.29, 0.717) is 6.42 Å². The average Bonchev–Trinajstić information content (AvgIpc) is 2.47. The first-order valence-corrected chi connectivity index (χ1v) is 9.06. The molecule has 1 aliphatic heterocycles. The van der Waals surface area contributed by atoms with Crippen LogP contribution in [-0.2, 0) is 10.0 Å². The lowest BCUT2D eigenvalue weighted by atomic mass is 10.1. The largest absolute Gasteiger partial charge is 0.336 e. The third-order valence-electron chi connectivity index (χ3n) is 3.56. The molecule has 5 nitrogen and oxygen atoms in total. The van der Waals surface area contributed by atoms with E-state index in [9.17, 15) is 17.6 Å². The second-order valence-electron chi connectivity index (χ2n) is 5.10. The highest BCUT2D eigenvalue weighted by atomic mass is 35.5. The van der Waals surface area contributed by atoms with Gasteiger partial charge in [0, 0.05) is 26.2 Å². The van der Waals surface area contributed by atoms with Crippen molar-refractivity contribution in [3.63, 3.8) is 0 Å². The number of benzene rings is 1. The van der Waals surface area contributed by atoms with E-state index in [4.69, 9.17) is 11.6 Å². The quantitative estimate of drug-likeness (QED) is 0.836. The first-order valence-electron chi connectivity index (χ1n) is 7.08. The Morgan fingerprint density at radius 3 is 2.45 bits per heavy atom. The Morgan fingerprint density at radius 2 is 1.91 bits per heavy atom. The number of carbonyl (C=O) groups is 1. The van der Waals surface area contributed by atoms with E-state index < -0.39 is 21.7 Å². The molecule has 1 aromatic carbocycles. The van der Waals surface area contributed by atoms with Gasteiger partial charge < -0.3 is 4.90 Å². The van der Waals surface area contributed by atoms with Crippen molar-refractivity contribution in [2.75, 3.05) is 31.9 Å². The third-order valence-corrected chi connectivity index (χ3v) is 5.95. The fourth-order valence-corrected chi connectivity index (χ4v) is 4.15. The number of nitrogens with zero attached hydrogens (tertiary/aromatic N) is 2. The summed E-state index contributed by atoms with van der Waals surface area (Å²) < 4.78 is 39.1. The highest BCUT2D eigenvalue weighted by molar-refractivity contribution is 7.89. The molecule has 1 aromatic rings. The topological polar surface area (TPSA) is 57.7 Å². The standard InChI is InChI=1S/C14H18ClFN2O3S/c1-2-10-22(20,21)18-8-6-17(7-9-18)14(19)13-11(15)4-3-5-12(13)16/h3-5H,2,6-10H2,1H3. The molecule has 1 aliphatic rings. The van der Waals surface area contributed by atoms with E-state index in [0.717, 1.165) is 0 Å². The molecule has 1 amide bonds. The predicted octanol–water partition coefficient (Wildman–Crippen LogP) is 1.98. The van der Waals surface area contributed by atoms with Crippen LogP contribution in [0, 0.1) is 5.82 Å². The Balaban J connectivity index is 2.07. The van der Waals surface area contributed by atoms with Gasteiger partial charge in [-0.05, 0) is 18.6 Å². The van der Waals surface area contributed by atoms with E-state index >= 15 is 0 Å². The SMILES string of the molecule is CCCS(=O)(=O)N1CCN(C(=O)c2c(F)cccc2Cl)CC1. The smallest absolute Gasteiger partial charge is 0.258 e. The number of sulfonamides is 1. The van der Waals surface area contributed by atoms with Gasteiger partial charge in [0.05, 0.1) is 16.3 Å². The van der Waals surface area contributed by atoms with Gasteiger partial charge in [-0.3, -0.25) is 4.79 Å². The van der Waals surface area contributed by atoms with Gasteiger partial charge in [0.25, 0.3) is 5.91 Å².